The Hall–Kier alpha value is -2.67. The Morgan fingerprint density at radius 3 is 2.27 bits per heavy atom. The molecule has 0 atom stereocenters. The standard InChI is InChI=1S/C19H24BrN5O/c1-11(9-24-17-8-13(19(23)26)6-7-15(17)21)12(2)10-25-18-14(20)4-3-5-16(18)22/h3-8,24-25H,9-10,21-22H2,1-2H3,(H2,23,26)/b12-11+. The van der Waals surface area contributed by atoms with E-state index in [0.717, 1.165) is 15.7 Å². The predicted molar refractivity (Wildman–Crippen MR) is 113 cm³/mol. The first kappa shape index (κ1) is 19.7. The molecule has 0 heterocycles. The molecule has 2 rings (SSSR count). The van der Waals surface area contributed by atoms with Crippen molar-refractivity contribution in [3.05, 3.63) is 57.6 Å². The number of carbonyl (C=O) groups is 1. The monoisotopic (exact) mass is 417 g/mol. The first-order valence-electron chi connectivity index (χ1n) is 8.16. The number of nitrogen functional groups attached to an aromatic ring is 2. The maximum atomic E-state index is 11.3. The number of carbonyl (C=O) groups excluding carboxylic acids is 1. The van der Waals surface area contributed by atoms with Crippen molar-refractivity contribution < 1.29 is 4.79 Å². The summed E-state index contributed by atoms with van der Waals surface area (Å²) in [6.07, 6.45) is 0. The molecule has 0 aliphatic carbocycles. The topological polar surface area (TPSA) is 119 Å². The first-order valence-corrected chi connectivity index (χ1v) is 8.95. The van der Waals surface area contributed by atoms with Crippen LogP contribution < -0.4 is 27.8 Å². The Labute approximate surface area is 162 Å². The number of halogens is 1. The highest BCUT2D eigenvalue weighted by atomic mass is 79.9. The Balaban J connectivity index is 2.03. The summed E-state index contributed by atoms with van der Waals surface area (Å²) in [7, 11) is 0. The molecule has 1 amide bonds. The number of hydrogen-bond donors (Lipinski definition) is 5. The molecular weight excluding hydrogens is 394 g/mol. The van der Waals surface area contributed by atoms with Crippen molar-refractivity contribution in [2.75, 3.05) is 35.2 Å². The molecule has 0 aromatic heterocycles. The van der Waals surface area contributed by atoms with Gasteiger partial charge < -0.3 is 27.8 Å². The van der Waals surface area contributed by atoms with Crippen LogP contribution >= 0.6 is 15.9 Å². The van der Waals surface area contributed by atoms with E-state index in [4.69, 9.17) is 17.2 Å². The van der Waals surface area contributed by atoms with Crippen LogP contribution in [0.3, 0.4) is 0 Å². The molecule has 0 fully saturated rings. The third-order valence-corrected chi connectivity index (χ3v) is 4.85. The average molecular weight is 418 g/mol. The van der Waals surface area contributed by atoms with Crippen molar-refractivity contribution in [1.82, 2.24) is 0 Å². The molecule has 2 aromatic carbocycles. The lowest BCUT2D eigenvalue weighted by Gasteiger charge is -2.15. The molecule has 0 bridgehead atoms. The molecule has 6 nitrogen and oxygen atoms in total. The molecule has 0 radical (unpaired) electrons. The van der Waals surface area contributed by atoms with Gasteiger partial charge in [-0.05, 0) is 60.1 Å². The maximum absolute atomic E-state index is 11.3. The highest BCUT2D eigenvalue weighted by Gasteiger charge is 2.07. The number of anilines is 4. The number of nitrogens with two attached hydrogens (primary N) is 3. The van der Waals surface area contributed by atoms with Crippen molar-refractivity contribution in [2.24, 2.45) is 5.73 Å². The normalized spacial score (nSPS) is 11.7. The minimum absolute atomic E-state index is 0.422. The molecule has 0 spiro atoms. The Kier molecular flexibility index (Phi) is 6.52. The lowest BCUT2D eigenvalue weighted by atomic mass is 10.1. The summed E-state index contributed by atoms with van der Waals surface area (Å²) >= 11 is 3.50. The fraction of sp³-hybridized carbons (Fsp3) is 0.211. The van der Waals surface area contributed by atoms with Crippen LogP contribution in [0.1, 0.15) is 24.2 Å². The van der Waals surface area contributed by atoms with E-state index in [1.807, 2.05) is 25.1 Å². The Bertz CT molecular complexity index is 828. The SMILES string of the molecule is C/C(CNc1cc(C(N)=O)ccc1N)=C(/C)CNc1c(N)cccc1Br. The second-order valence-electron chi connectivity index (χ2n) is 6.14. The molecule has 0 saturated heterocycles. The number of para-hydroxylation sites is 1. The van der Waals surface area contributed by atoms with Crippen LogP contribution in [-0.4, -0.2) is 19.0 Å². The summed E-state index contributed by atoms with van der Waals surface area (Å²) in [5.74, 6) is -0.480. The number of nitrogens with one attached hydrogen (secondary N) is 2. The van der Waals surface area contributed by atoms with E-state index in [1.54, 1.807) is 18.2 Å². The summed E-state index contributed by atoms with van der Waals surface area (Å²) in [5.41, 5.74) is 22.9. The van der Waals surface area contributed by atoms with Crippen LogP contribution in [0.5, 0.6) is 0 Å². The quantitative estimate of drug-likeness (QED) is 0.348. The minimum atomic E-state index is -0.480. The molecule has 26 heavy (non-hydrogen) atoms. The number of primary amides is 1. The second kappa shape index (κ2) is 8.62. The van der Waals surface area contributed by atoms with Crippen LogP contribution in [-0.2, 0) is 0 Å². The van der Waals surface area contributed by atoms with Gasteiger partial charge >= 0.3 is 0 Å². The van der Waals surface area contributed by atoms with E-state index in [9.17, 15) is 4.79 Å². The lowest BCUT2D eigenvalue weighted by Crippen LogP contribution is -2.14. The third kappa shape index (κ3) is 4.92. The van der Waals surface area contributed by atoms with E-state index >= 15 is 0 Å². The van der Waals surface area contributed by atoms with Gasteiger partial charge in [0, 0.05) is 23.1 Å². The molecule has 0 aliphatic rings. The summed E-state index contributed by atoms with van der Waals surface area (Å²) in [6.45, 7) is 5.37. The van der Waals surface area contributed by atoms with Gasteiger partial charge in [-0.1, -0.05) is 17.2 Å². The number of amides is 1. The van der Waals surface area contributed by atoms with Crippen molar-refractivity contribution >= 4 is 44.6 Å². The predicted octanol–water partition coefficient (Wildman–Crippen LogP) is 3.57. The summed E-state index contributed by atoms with van der Waals surface area (Å²) < 4.78 is 0.928. The molecule has 8 N–H and O–H groups in total. The van der Waals surface area contributed by atoms with Gasteiger partial charge in [0.25, 0.3) is 0 Å². The van der Waals surface area contributed by atoms with E-state index in [0.29, 0.717) is 35.7 Å². The highest BCUT2D eigenvalue weighted by Crippen LogP contribution is 2.28. The van der Waals surface area contributed by atoms with Crippen LogP contribution in [0.15, 0.2) is 52.0 Å². The van der Waals surface area contributed by atoms with Gasteiger partial charge in [0.05, 0.1) is 22.7 Å². The second-order valence-corrected chi connectivity index (χ2v) is 6.99. The van der Waals surface area contributed by atoms with Gasteiger partial charge in [0.2, 0.25) is 5.91 Å². The molecule has 2 aromatic rings. The highest BCUT2D eigenvalue weighted by molar-refractivity contribution is 9.10. The van der Waals surface area contributed by atoms with Crippen molar-refractivity contribution in [3.8, 4) is 0 Å². The largest absolute Gasteiger partial charge is 0.397 e. The van der Waals surface area contributed by atoms with Gasteiger partial charge in [0.1, 0.15) is 0 Å². The zero-order valence-electron chi connectivity index (χ0n) is 14.9. The minimum Gasteiger partial charge on any atom is -0.397 e. The van der Waals surface area contributed by atoms with E-state index < -0.39 is 5.91 Å². The molecule has 0 saturated carbocycles. The van der Waals surface area contributed by atoms with Crippen LogP contribution in [0.4, 0.5) is 22.7 Å². The average Bonchev–Trinajstić information content (AvgIpc) is 2.59. The molecule has 7 heteroatoms. The number of hydrogen-bond acceptors (Lipinski definition) is 5. The van der Waals surface area contributed by atoms with Gasteiger partial charge in [-0.15, -0.1) is 0 Å². The van der Waals surface area contributed by atoms with Gasteiger partial charge in [-0.25, -0.2) is 0 Å². The van der Waals surface area contributed by atoms with Gasteiger partial charge in [-0.2, -0.15) is 0 Å². The van der Waals surface area contributed by atoms with Crippen molar-refractivity contribution in [3.63, 3.8) is 0 Å². The Morgan fingerprint density at radius 2 is 1.65 bits per heavy atom. The van der Waals surface area contributed by atoms with E-state index in [-0.39, 0.29) is 0 Å². The van der Waals surface area contributed by atoms with Crippen LogP contribution in [0, 0.1) is 0 Å². The molecular formula is C19H24BrN5O. The molecule has 0 unspecified atom stereocenters. The first-order chi connectivity index (χ1) is 12.3. The zero-order valence-corrected chi connectivity index (χ0v) is 16.5. The van der Waals surface area contributed by atoms with E-state index in [1.165, 1.54) is 5.57 Å². The fourth-order valence-corrected chi connectivity index (χ4v) is 2.86. The van der Waals surface area contributed by atoms with Crippen LogP contribution in [0.25, 0.3) is 0 Å². The summed E-state index contributed by atoms with van der Waals surface area (Å²) in [4.78, 5) is 11.3. The van der Waals surface area contributed by atoms with E-state index in [2.05, 4.69) is 33.5 Å². The van der Waals surface area contributed by atoms with Crippen molar-refractivity contribution in [2.45, 2.75) is 13.8 Å². The smallest absolute Gasteiger partial charge is 0.248 e. The van der Waals surface area contributed by atoms with Crippen LogP contribution in [0.2, 0.25) is 0 Å². The molecule has 0 aliphatic heterocycles. The third-order valence-electron chi connectivity index (χ3n) is 4.19. The zero-order chi connectivity index (χ0) is 19.3. The van der Waals surface area contributed by atoms with Gasteiger partial charge in [-0.3, -0.25) is 4.79 Å². The summed E-state index contributed by atoms with van der Waals surface area (Å²) in [6, 6.07) is 10.7. The lowest BCUT2D eigenvalue weighted by molar-refractivity contribution is 0.100. The summed E-state index contributed by atoms with van der Waals surface area (Å²) in [5, 5.41) is 6.61. The van der Waals surface area contributed by atoms with Crippen molar-refractivity contribution in [1.29, 1.82) is 0 Å². The maximum Gasteiger partial charge on any atom is 0.248 e. The molecule has 138 valence electrons. The number of rotatable bonds is 7. The Morgan fingerprint density at radius 1 is 1.00 bits per heavy atom. The fourth-order valence-electron chi connectivity index (χ4n) is 2.34. The van der Waals surface area contributed by atoms with Gasteiger partial charge in [0.15, 0.2) is 0 Å². The number of benzene rings is 2.